The largest absolute Gasteiger partial charge is 0.481 e. The number of carboxylic acid groups (broad SMARTS) is 1. The molecule has 0 bridgehead atoms. The highest BCUT2D eigenvalue weighted by Gasteiger charge is 2.34. The SMILES string of the molecule is COc1ncccc1NC(=O)C1CCC(C(=O)O)C1. The van der Waals surface area contributed by atoms with Gasteiger partial charge in [0.25, 0.3) is 0 Å². The van der Waals surface area contributed by atoms with Crippen LogP contribution < -0.4 is 10.1 Å². The van der Waals surface area contributed by atoms with E-state index in [0.29, 0.717) is 30.8 Å². The fraction of sp³-hybridized carbons (Fsp3) is 0.462. The number of methoxy groups -OCH3 is 1. The summed E-state index contributed by atoms with van der Waals surface area (Å²) < 4.78 is 5.05. The fourth-order valence-corrected chi connectivity index (χ4v) is 2.33. The third kappa shape index (κ3) is 3.01. The first-order valence-corrected chi connectivity index (χ1v) is 6.14. The number of ether oxygens (including phenoxy) is 1. The molecule has 2 unspecified atom stereocenters. The third-order valence-corrected chi connectivity index (χ3v) is 3.38. The molecular formula is C13H16N2O4. The Balaban J connectivity index is 2.00. The molecule has 1 aliphatic rings. The van der Waals surface area contributed by atoms with Crippen molar-refractivity contribution < 1.29 is 19.4 Å². The molecule has 0 spiro atoms. The van der Waals surface area contributed by atoms with Gasteiger partial charge in [0, 0.05) is 12.1 Å². The molecule has 19 heavy (non-hydrogen) atoms. The summed E-state index contributed by atoms with van der Waals surface area (Å²) in [7, 11) is 1.48. The normalized spacial score (nSPS) is 21.9. The van der Waals surface area contributed by atoms with Gasteiger partial charge in [0.05, 0.1) is 13.0 Å². The molecule has 1 heterocycles. The number of carbonyl (C=O) groups excluding carboxylic acids is 1. The molecule has 0 radical (unpaired) electrons. The van der Waals surface area contributed by atoms with Gasteiger partial charge in [-0.15, -0.1) is 0 Å². The average molecular weight is 264 g/mol. The lowest BCUT2D eigenvalue weighted by Crippen LogP contribution is -2.22. The van der Waals surface area contributed by atoms with Gasteiger partial charge in [-0.2, -0.15) is 0 Å². The number of aliphatic carboxylic acids is 1. The predicted octanol–water partition coefficient (Wildman–Crippen LogP) is 1.53. The van der Waals surface area contributed by atoms with E-state index in [1.807, 2.05) is 0 Å². The third-order valence-electron chi connectivity index (χ3n) is 3.38. The van der Waals surface area contributed by atoms with Crippen LogP contribution in [0.1, 0.15) is 19.3 Å². The molecule has 1 aromatic heterocycles. The molecule has 6 nitrogen and oxygen atoms in total. The molecule has 1 aromatic rings. The Morgan fingerprint density at radius 3 is 2.79 bits per heavy atom. The summed E-state index contributed by atoms with van der Waals surface area (Å²) in [6.07, 6.45) is 3.12. The number of anilines is 1. The molecule has 2 N–H and O–H groups in total. The van der Waals surface area contributed by atoms with Gasteiger partial charge in [0.15, 0.2) is 0 Å². The maximum Gasteiger partial charge on any atom is 0.306 e. The Morgan fingerprint density at radius 2 is 2.16 bits per heavy atom. The lowest BCUT2D eigenvalue weighted by atomic mass is 10.0. The van der Waals surface area contributed by atoms with Gasteiger partial charge in [-0.1, -0.05) is 0 Å². The molecule has 6 heteroatoms. The summed E-state index contributed by atoms with van der Waals surface area (Å²) in [5.74, 6) is -1.31. The number of hydrogen-bond acceptors (Lipinski definition) is 4. The Kier molecular flexibility index (Phi) is 3.99. The molecule has 2 atom stereocenters. The van der Waals surface area contributed by atoms with Gasteiger partial charge in [0.2, 0.25) is 11.8 Å². The van der Waals surface area contributed by atoms with Gasteiger partial charge >= 0.3 is 5.97 Å². The Hall–Kier alpha value is -2.11. The van der Waals surface area contributed by atoms with Gasteiger partial charge < -0.3 is 15.2 Å². The molecule has 2 rings (SSSR count). The van der Waals surface area contributed by atoms with E-state index in [0.717, 1.165) is 0 Å². The van der Waals surface area contributed by atoms with E-state index < -0.39 is 11.9 Å². The molecule has 1 fully saturated rings. The standard InChI is InChI=1S/C13H16N2O4/c1-19-12-10(3-2-6-14-12)15-11(16)8-4-5-9(7-8)13(17)18/h2-3,6,8-9H,4-5,7H2,1H3,(H,15,16)(H,17,18). The Bertz CT molecular complexity index is 489. The monoisotopic (exact) mass is 264 g/mol. The van der Waals surface area contributed by atoms with Gasteiger partial charge in [-0.25, -0.2) is 4.98 Å². The Morgan fingerprint density at radius 1 is 1.42 bits per heavy atom. The zero-order valence-electron chi connectivity index (χ0n) is 10.6. The maximum atomic E-state index is 12.1. The van der Waals surface area contributed by atoms with Crippen LogP contribution in [0.3, 0.4) is 0 Å². The van der Waals surface area contributed by atoms with E-state index in [-0.39, 0.29) is 11.8 Å². The number of rotatable bonds is 4. The van der Waals surface area contributed by atoms with E-state index in [2.05, 4.69) is 10.3 Å². The molecule has 102 valence electrons. The van der Waals surface area contributed by atoms with Gasteiger partial charge in [-0.05, 0) is 31.4 Å². The van der Waals surface area contributed by atoms with Crippen molar-refractivity contribution in [2.24, 2.45) is 11.8 Å². The van der Waals surface area contributed by atoms with Gasteiger partial charge in [-0.3, -0.25) is 9.59 Å². The molecule has 1 saturated carbocycles. The smallest absolute Gasteiger partial charge is 0.306 e. The summed E-state index contributed by atoms with van der Waals surface area (Å²) in [6.45, 7) is 0. The first-order chi connectivity index (χ1) is 9.11. The minimum atomic E-state index is -0.825. The number of pyridine rings is 1. The summed E-state index contributed by atoms with van der Waals surface area (Å²) in [6, 6.07) is 3.40. The molecule has 1 amide bonds. The molecular weight excluding hydrogens is 248 g/mol. The molecule has 1 aliphatic carbocycles. The predicted molar refractivity (Wildman–Crippen MR) is 67.9 cm³/mol. The second-order valence-corrected chi connectivity index (χ2v) is 4.59. The van der Waals surface area contributed by atoms with E-state index in [9.17, 15) is 9.59 Å². The maximum absolute atomic E-state index is 12.1. The summed E-state index contributed by atoms with van der Waals surface area (Å²) >= 11 is 0. The fourth-order valence-electron chi connectivity index (χ4n) is 2.33. The van der Waals surface area contributed by atoms with Crippen LogP contribution in [0, 0.1) is 11.8 Å². The van der Waals surface area contributed by atoms with Crippen molar-refractivity contribution in [3.05, 3.63) is 18.3 Å². The van der Waals surface area contributed by atoms with Crippen molar-refractivity contribution in [1.82, 2.24) is 4.98 Å². The quantitative estimate of drug-likeness (QED) is 0.861. The van der Waals surface area contributed by atoms with Crippen molar-refractivity contribution in [2.75, 3.05) is 12.4 Å². The van der Waals surface area contributed by atoms with Crippen LogP contribution in [-0.4, -0.2) is 29.1 Å². The van der Waals surface area contributed by atoms with Crippen LogP contribution in [0.15, 0.2) is 18.3 Å². The number of nitrogens with zero attached hydrogens (tertiary/aromatic N) is 1. The zero-order valence-corrected chi connectivity index (χ0v) is 10.6. The minimum Gasteiger partial charge on any atom is -0.481 e. The number of nitrogens with one attached hydrogen (secondary N) is 1. The van der Waals surface area contributed by atoms with E-state index in [1.54, 1.807) is 18.3 Å². The summed E-state index contributed by atoms with van der Waals surface area (Å²) in [5, 5.41) is 11.7. The first-order valence-electron chi connectivity index (χ1n) is 6.14. The second kappa shape index (κ2) is 5.69. The topological polar surface area (TPSA) is 88.5 Å². The zero-order chi connectivity index (χ0) is 13.8. The van der Waals surface area contributed by atoms with Crippen molar-refractivity contribution in [3.8, 4) is 5.88 Å². The number of amides is 1. The highest BCUT2D eigenvalue weighted by atomic mass is 16.5. The van der Waals surface area contributed by atoms with Crippen LogP contribution in [0.5, 0.6) is 5.88 Å². The van der Waals surface area contributed by atoms with Crippen molar-refractivity contribution in [1.29, 1.82) is 0 Å². The second-order valence-electron chi connectivity index (χ2n) is 4.59. The lowest BCUT2D eigenvalue weighted by Gasteiger charge is -2.12. The van der Waals surface area contributed by atoms with E-state index in [1.165, 1.54) is 7.11 Å². The summed E-state index contributed by atoms with van der Waals surface area (Å²) in [5.41, 5.74) is 0.508. The number of aromatic nitrogens is 1. The van der Waals surface area contributed by atoms with Crippen LogP contribution >= 0.6 is 0 Å². The lowest BCUT2D eigenvalue weighted by molar-refractivity contribution is -0.141. The van der Waals surface area contributed by atoms with Crippen LogP contribution in [0.2, 0.25) is 0 Å². The average Bonchev–Trinajstić information content (AvgIpc) is 2.89. The molecule has 0 saturated heterocycles. The van der Waals surface area contributed by atoms with E-state index in [4.69, 9.17) is 9.84 Å². The van der Waals surface area contributed by atoms with Crippen molar-refractivity contribution in [2.45, 2.75) is 19.3 Å². The number of carbonyl (C=O) groups is 2. The minimum absolute atomic E-state index is 0.171. The van der Waals surface area contributed by atoms with E-state index >= 15 is 0 Å². The molecule has 0 aliphatic heterocycles. The number of hydrogen-bond donors (Lipinski definition) is 2. The highest BCUT2D eigenvalue weighted by molar-refractivity contribution is 5.94. The van der Waals surface area contributed by atoms with Crippen LogP contribution in [0.25, 0.3) is 0 Å². The van der Waals surface area contributed by atoms with Crippen molar-refractivity contribution in [3.63, 3.8) is 0 Å². The van der Waals surface area contributed by atoms with Gasteiger partial charge in [0.1, 0.15) is 5.69 Å². The summed E-state index contributed by atoms with van der Waals surface area (Å²) in [4.78, 5) is 26.9. The van der Waals surface area contributed by atoms with Crippen molar-refractivity contribution >= 4 is 17.6 Å². The number of carboxylic acids is 1. The highest BCUT2D eigenvalue weighted by Crippen LogP contribution is 2.32. The Labute approximate surface area is 110 Å². The molecule has 0 aromatic carbocycles. The van der Waals surface area contributed by atoms with Crippen LogP contribution in [0.4, 0.5) is 5.69 Å². The van der Waals surface area contributed by atoms with Crippen LogP contribution in [-0.2, 0) is 9.59 Å². The first kappa shape index (κ1) is 13.3.